The van der Waals surface area contributed by atoms with E-state index >= 15 is 0 Å². The first-order valence-corrected chi connectivity index (χ1v) is 8.38. The lowest BCUT2D eigenvalue weighted by molar-refractivity contribution is -0.142. The number of fused-ring (bicyclic) bond motifs is 1. The third-order valence-corrected chi connectivity index (χ3v) is 3.98. The second-order valence-corrected chi connectivity index (χ2v) is 6.56. The SMILES string of the molecule is CC(C)C[C@H](NC(=O)CCN1C(=O)[C@@H](C)Oc2ccccc21)C(=O)O. The Hall–Kier alpha value is -2.57. The van der Waals surface area contributed by atoms with Crippen LogP contribution in [-0.4, -0.2) is 41.6 Å². The van der Waals surface area contributed by atoms with Crippen molar-refractivity contribution in [2.75, 3.05) is 11.4 Å². The Kier molecular flexibility index (Phi) is 6.01. The van der Waals surface area contributed by atoms with Crippen LogP contribution in [0.4, 0.5) is 5.69 Å². The van der Waals surface area contributed by atoms with Gasteiger partial charge in [0, 0.05) is 13.0 Å². The number of carboxylic acids is 1. The highest BCUT2D eigenvalue weighted by molar-refractivity contribution is 6.00. The zero-order valence-corrected chi connectivity index (χ0v) is 14.7. The molecule has 136 valence electrons. The van der Waals surface area contributed by atoms with Crippen molar-refractivity contribution in [2.45, 2.75) is 45.8 Å². The van der Waals surface area contributed by atoms with Gasteiger partial charge in [-0.15, -0.1) is 0 Å². The highest BCUT2D eigenvalue weighted by Crippen LogP contribution is 2.33. The molecule has 0 bridgehead atoms. The molecule has 2 atom stereocenters. The quantitative estimate of drug-likeness (QED) is 0.783. The van der Waals surface area contributed by atoms with E-state index < -0.39 is 24.0 Å². The number of aliphatic carboxylic acids is 1. The number of rotatable bonds is 7. The van der Waals surface area contributed by atoms with Crippen LogP contribution in [0.2, 0.25) is 0 Å². The molecule has 0 unspecified atom stereocenters. The van der Waals surface area contributed by atoms with Crippen LogP contribution in [-0.2, 0) is 14.4 Å². The van der Waals surface area contributed by atoms with Crippen LogP contribution in [0.25, 0.3) is 0 Å². The lowest BCUT2D eigenvalue weighted by Crippen LogP contribution is -2.47. The van der Waals surface area contributed by atoms with E-state index in [0.29, 0.717) is 17.9 Å². The van der Waals surface area contributed by atoms with Crippen molar-refractivity contribution in [2.24, 2.45) is 5.92 Å². The van der Waals surface area contributed by atoms with Gasteiger partial charge in [0.05, 0.1) is 5.69 Å². The third kappa shape index (κ3) is 4.71. The number of hydrogen-bond donors (Lipinski definition) is 2. The first kappa shape index (κ1) is 18.8. The van der Waals surface area contributed by atoms with Gasteiger partial charge in [-0.1, -0.05) is 26.0 Å². The Morgan fingerprint density at radius 3 is 2.64 bits per heavy atom. The summed E-state index contributed by atoms with van der Waals surface area (Å²) in [5, 5.41) is 11.7. The molecule has 0 fully saturated rings. The molecule has 2 rings (SSSR count). The molecule has 1 aliphatic heterocycles. The molecular formula is C18H24N2O5. The average molecular weight is 348 g/mol. The van der Waals surface area contributed by atoms with Gasteiger partial charge in [0.2, 0.25) is 5.91 Å². The molecule has 2 N–H and O–H groups in total. The molecule has 7 nitrogen and oxygen atoms in total. The minimum atomic E-state index is -1.05. The van der Waals surface area contributed by atoms with Crippen LogP contribution in [0.1, 0.15) is 33.6 Å². The van der Waals surface area contributed by atoms with Gasteiger partial charge in [0.15, 0.2) is 6.10 Å². The summed E-state index contributed by atoms with van der Waals surface area (Å²) >= 11 is 0. The van der Waals surface area contributed by atoms with E-state index in [9.17, 15) is 19.5 Å². The number of nitrogens with one attached hydrogen (secondary N) is 1. The van der Waals surface area contributed by atoms with Crippen molar-refractivity contribution in [1.82, 2.24) is 5.32 Å². The molecule has 2 amide bonds. The van der Waals surface area contributed by atoms with Crippen LogP contribution < -0.4 is 15.0 Å². The maximum Gasteiger partial charge on any atom is 0.326 e. The highest BCUT2D eigenvalue weighted by Gasteiger charge is 2.31. The molecule has 0 aliphatic carbocycles. The fraction of sp³-hybridized carbons (Fsp3) is 0.500. The van der Waals surface area contributed by atoms with Gasteiger partial charge in [-0.2, -0.15) is 0 Å². The largest absolute Gasteiger partial charge is 0.480 e. The van der Waals surface area contributed by atoms with E-state index in [1.807, 2.05) is 19.9 Å². The predicted molar refractivity (Wildman–Crippen MR) is 92.5 cm³/mol. The van der Waals surface area contributed by atoms with E-state index in [1.165, 1.54) is 4.90 Å². The summed E-state index contributed by atoms with van der Waals surface area (Å²) in [6, 6.07) is 6.22. The summed E-state index contributed by atoms with van der Waals surface area (Å²) in [5.74, 6) is -0.919. The van der Waals surface area contributed by atoms with Crippen molar-refractivity contribution in [1.29, 1.82) is 0 Å². The number of ether oxygens (including phenoxy) is 1. The van der Waals surface area contributed by atoms with Crippen molar-refractivity contribution in [3.63, 3.8) is 0 Å². The van der Waals surface area contributed by atoms with Crippen molar-refractivity contribution < 1.29 is 24.2 Å². The van der Waals surface area contributed by atoms with Gasteiger partial charge in [0.25, 0.3) is 5.91 Å². The van der Waals surface area contributed by atoms with Gasteiger partial charge in [-0.3, -0.25) is 9.59 Å². The number of carbonyl (C=O) groups excluding carboxylic acids is 2. The molecule has 0 radical (unpaired) electrons. The third-order valence-electron chi connectivity index (χ3n) is 3.98. The molecule has 1 aliphatic rings. The Morgan fingerprint density at radius 2 is 2.00 bits per heavy atom. The minimum absolute atomic E-state index is 0.0225. The smallest absolute Gasteiger partial charge is 0.326 e. The lowest BCUT2D eigenvalue weighted by Gasteiger charge is -2.32. The Bertz CT molecular complexity index is 659. The highest BCUT2D eigenvalue weighted by atomic mass is 16.5. The fourth-order valence-electron chi connectivity index (χ4n) is 2.76. The molecular weight excluding hydrogens is 324 g/mol. The molecule has 0 spiro atoms. The van der Waals surface area contributed by atoms with Crippen molar-refractivity contribution >= 4 is 23.5 Å². The summed E-state index contributed by atoms with van der Waals surface area (Å²) in [5.41, 5.74) is 0.621. The topological polar surface area (TPSA) is 95.9 Å². The molecule has 7 heteroatoms. The van der Waals surface area contributed by atoms with Gasteiger partial charge < -0.3 is 20.1 Å². The minimum Gasteiger partial charge on any atom is -0.480 e. The standard InChI is InChI=1S/C18H24N2O5/c1-11(2)10-13(18(23)24)19-16(21)8-9-20-14-6-4-5-7-15(14)25-12(3)17(20)22/h4-7,11-13H,8-10H2,1-3H3,(H,19,21)(H,23,24)/t12-,13+/m1/s1. The van der Waals surface area contributed by atoms with E-state index in [1.54, 1.807) is 25.1 Å². The summed E-state index contributed by atoms with van der Waals surface area (Å²) in [6.45, 7) is 5.62. The van der Waals surface area contributed by atoms with Crippen LogP contribution >= 0.6 is 0 Å². The molecule has 1 aromatic rings. The van der Waals surface area contributed by atoms with Crippen LogP contribution in [0.3, 0.4) is 0 Å². The molecule has 1 heterocycles. The maximum atomic E-state index is 12.4. The molecule has 0 saturated carbocycles. The molecule has 1 aromatic carbocycles. The van der Waals surface area contributed by atoms with E-state index in [-0.39, 0.29) is 24.8 Å². The zero-order valence-electron chi connectivity index (χ0n) is 14.7. The molecule has 0 aromatic heterocycles. The van der Waals surface area contributed by atoms with E-state index in [0.717, 1.165) is 0 Å². The number of nitrogens with zero attached hydrogens (tertiary/aromatic N) is 1. The van der Waals surface area contributed by atoms with Gasteiger partial charge >= 0.3 is 5.97 Å². The number of amides is 2. The van der Waals surface area contributed by atoms with Gasteiger partial charge in [0.1, 0.15) is 11.8 Å². The number of anilines is 1. The second kappa shape index (κ2) is 8.00. The first-order valence-electron chi connectivity index (χ1n) is 8.38. The fourth-order valence-corrected chi connectivity index (χ4v) is 2.76. The van der Waals surface area contributed by atoms with Crippen molar-refractivity contribution in [3.8, 4) is 5.75 Å². The number of hydrogen-bond acceptors (Lipinski definition) is 4. The molecule has 25 heavy (non-hydrogen) atoms. The first-order chi connectivity index (χ1) is 11.8. The summed E-state index contributed by atoms with van der Waals surface area (Å²) in [4.78, 5) is 37.2. The van der Waals surface area contributed by atoms with Crippen LogP contribution in [0, 0.1) is 5.92 Å². The number of carbonyl (C=O) groups is 3. The Labute approximate surface area is 147 Å². The molecule has 0 saturated heterocycles. The number of carboxylic acid groups (broad SMARTS) is 1. The monoisotopic (exact) mass is 348 g/mol. The lowest BCUT2D eigenvalue weighted by atomic mass is 10.0. The van der Waals surface area contributed by atoms with E-state index in [4.69, 9.17) is 4.74 Å². The Balaban J connectivity index is 2.01. The summed E-state index contributed by atoms with van der Waals surface area (Å²) in [6.07, 6.45) is -0.239. The van der Waals surface area contributed by atoms with Crippen molar-refractivity contribution in [3.05, 3.63) is 24.3 Å². The Morgan fingerprint density at radius 1 is 1.32 bits per heavy atom. The summed E-state index contributed by atoms with van der Waals surface area (Å²) < 4.78 is 5.55. The van der Waals surface area contributed by atoms with Crippen LogP contribution in [0.15, 0.2) is 24.3 Å². The van der Waals surface area contributed by atoms with Gasteiger partial charge in [-0.05, 0) is 31.4 Å². The number of benzene rings is 1. The van der Waals surface area contributed by atoms with Gasteiger partial charge in [-0.25, -0.2) is 4.79 Å². The average Bonchev–Trinajstić information content (AvgIpc) is 2.54. The van der Waals surface area contributed by atoms with Crippen LogP contribution in [0.5, 0.6) is 5.75 Å². The summed E-state index contributed by atoms with van der Waals surface area (Å²) in [7, 11) is 0. The maximum absolute atomic E-state index is 12.4. The van der Waals surface area contributed by atoms with E-state index in [2.05, 4.69) is 5.32 Å². The zero-order chi connectivity index (χ0) is 18.6. The normalized spacial score (nSPS) is 17.7. The predicted octanol–water partition coefficient (Wildman–Crippen LogP) is 1.81. The number of para-hydroxylation sites is 2. The second-order valence-electron chi connectivity index (χ2n) is 6.56.